The molecule has 0 aliphatic rings. The summed E-state index contributed by atoms with van der Waals surface area (Å²) in [5, 5.41) is 3.51. The highest BCUT2D eigenvalue weighted by Crippen LogP contribution is 2.31. The maximum Gasteiger partial charge on any atom is 0.257 e. The minimum atomic E-state index is -0.345. The Morgan fingerprint density at radius 1 is 1.25 bits per heavy atom. The maximum atomic E-state index is 12.2. The Morgan fingerprint density at radius 2 is 1.95 bits per heavy atom. The van der Waals surface area contributed by atoms with Crippen molar-refractivity contribution < 1.29 is 4.79 Å². The van der Waals surface area contributed by atoms with Gasteiger partial charge in [0, 0.05) is 9.50 Å². The van der Waals surface area contributed by atoms with Crippen molar-refractivity contribution in [2.45, 2.75) is 6.92 Å². The van der Waals surface area contributed by atoms with Gasteiger partial charge in [0.15, 0.2) is 0 Å². The molecule has 2 rings (SSSR count). The van der Waals surface area contributed by atoms with Crippen molar-refractivity contribution in [3.05, 3.63) is 56.0 Å². The average Bonchev–Trinajstić information content (AvgIpc) is 2.33. The topological polar surface area (TPSA) is 55.1 Å². The second-order valence-corrected chi connectivity index (χ2v) is 5.99. The third kappa shape index (κ3) is 3.26. The van der Waals surface area contributed by atoms with E-state index in [-0.39, 0.29) is 10.9 Å². The van der Waals surface area contributed by atoms with Crippen LogP contribution in [0.2, 0.25) is 10.0 Å². The number of hydrogen-bond donors (Lipinski definition) is 2. The molecule has 3 N–H and O–H groups in total. The smallest absolute Gasteiger partial charge is 0.257 e. The first-order chi connectivity index (χ1) is 9.38. The third-order valence-electron chi connectivity index (χ3n) is 2.68. The van der Waals surface area contributed by atoms with Crippen LogP contribution in [0.5, 0.6) is 0 Å². The van der Waals surface area contributed by atoms with E-state index in [1.165, 1.54) is 6.07 Å². The Kier molecular flexibility index (Phi) is 4.58. The lowest BCUT2D eigenvalue weighted by atomic mass is 10.1. The Balaban J connectivity index is 2.33. The first-order valence-corrected chi connectivity index (χ1v) is 7.25. The molecular weight excluding hydrogens is 363 g/mol. The molecule has 2 aromatic rings. The number of rotatable bonds is 2. The van der Waals surface area contributed by atoms with Crippen molar-refractivity contribution in [3.63, 3.8) is 0 Å². The van der Waals surface area contributed by atoms with Gasteiger partial charge in [-0.2, -0.15) is 0 Å². The van der Waals surface area contributed by atoms with Crippen molar-refractivity contribution in [1.29, 1.82) is 0 Å². The summed E-state index contributed by atoms with van der Waals surface area (Å²) in [7, 11) is 0. The van der Waals surface area contributed by atoms with Crippen LogP contribution in [0.1, 0.15) is 15.9 Å². The van der Waals surface area contributed by atoms with Crippen LogP contribution in [0.25, 0.3) is 0 Å². The van der Waals surface area contributed by atoms with Crippen molar-refractivity contribution in [3.8, 4) is 0 Å². The normalized spacial score (nSPS) is 10.4. The van der Waals surface area contributed by atoms with Gasteiger partial charge in [0.25, 0.3) is 5.91 Å². The van der Waals surface area contributed by atoms with E-state index in [9.17, 15) is 4.79 Å². The molecule has 0 aliphatic carbocycles. The molecule has 0 aliphatic heterocycles. The van der Waals surface area contributed by atoms with E-state index in [0.29, 0.717) is 26.4 Å². The monoisotopic (exact) mass is 372 g/mol. The SMILES string of the molecule is Cc1cc(N)c(NC(=O)c2ccc(Cl)cc2Cl)c(Br)c1. The fourth-order valence-electron chi connectivity index (χ4n) is 1.76. The fourth-order valence-corrected chi connectivity index (χ4v) is 2.94. The molecule has 2 aromatic carbocycles. The molecule has 0 fully saturated rings. The second-order valence-electron chi connectivity index (χ2n) is 4.29. The third-order valence-corrected chi connectivity index (χ3v) is 3.85. The number of nitrogens with two attached hydrogens (primary N) is 1. The molecule has 0 bridgehead atoms. The molecule has 3 nitrogen and oxygen atoms in total. The van der Waals surface area contributed by atoms with Crippen molar-refractivity contribution in [1.82, 2.24) is 0 Å². The zero-order chi connectivity index (χ0) is 14.9. The number of nitrogens with one attached hydrogen (secondary N) is 1. The van der Waals surface area contributed by atoms with Gasteiger partial charge in [-0.15, -0.1) is 0 Å². The van der Waals surface area contributed by atoms with Gasteiger partial charge in [0.1, 0.15) is 0 Å². The first kappa shape index (κ1) is 15.2. The number of aryl methyl sites for hydroxylation is 1. The summed E-state index contributed by atoms with van der Waals surface area (Å²) in [6, 6.07) is 8.35. The summed E-state index contributed by atoms with van der Waals surface area (Å²) in [6.07, 6.45) is 0. The lowest BCUT2D eigenvalue weighted by Gasteiger charge is -2.12. The molecule has 0 saturated carbocycles. The summed E-state index contributed by atoms with van der Waals surface area (Å²) in [5.74, 6) is -0.345. The van der Waals surface area contributed by atoms with Gasteiger partial charge >= 0.3 is 0 Å². The molecule has 0 unspecified atom stereocenters. The van der Waals surface area contributed by atoms with Gasteiger partial charge in [-0.05, 0) is 58.7 Å². The molecule has 104 valence electrons. The van der Waals surface area contributed by atoms with Gasteiger partial charge < -0.3 is 11.1 Å². The van der Waals surface area contributed by atoms with Gasteiger partial charge in [-0.3, -0.25) is 4.79 Å². The number of nitrogen functional groups attached to an aromatic ring is 1. The van der Waals surface area contributed by atoms with Gasteiger partial charge in [0.05, 0.1) is 22.0 Å². The molecule has 0 spiro atoms. The molecule has 6 heteroatoms. The summed E-state index contributed by atoms with van der Waals surface area (Å²) in [4.78, 5) is 12.2. The Bertz CT molecular complexity index is 666. The van der Waals surface area contributed by atoms with Crippen molar-refractivity contribution in [2.24, 2.45) is 0 Å². The maximum absolute atomic E-state index is 12.2. The summed E-state index contributed by atoms with van der Waals surface area (Å²) >= 11 is 15.2. The summed E-state index contributed by atoms with van der Waals surface area (Å²) in [6.45, 7) is 1.92. The molecule has 0 aromatic heterocycles. The average molecular weight is 374 g/mol. The number of carbonyl (C=O) groups excluding carboxylic acids is 1. The van der Waals surface area contributed by atoms with Crippen LogP contribution < -0.4 is 11.1 Å². The van der Waals surface area contributed by atoms with E-state index >= 15 is 0 Å². The van der Waals surface area contributed by atoms with Crippen molar-refractivity contribution in [2.75, 3.05) is 11.1 Å². The fraction of sp³-hybridized carbons (Fsp3) is 0.0714. The molecule has 0 saturated heterocycles. The second kappa shape index (κ2) is 6.04. The minimum absolute atomic E-state index is 0.289. The van der Waals surface area contributed by atoms with E-state index in [0.717, 1.165) is 5.56 Å². The highest BCUT2D eigenvalue weighted by molar-refractivity contribution is 9.10. The van der Waals surface area contributed by atoms with Crippen LogP contribution in [0, 0.1) is 6.92 Å². The van der Waals surface area contributed by atoms with Crippen LogP contribution in [0.15, 0.2) is 34.8 Å². The zero-order valence-corrected chi connectivity index (χ0v) is 13.6. The van der Waals surface area contributed by atoms with E-state index < -0.39 is 0 Å². The Morgan fingerprint density at radius 3 is 2.55 bits per heavy atom. The number of halogens is 3. The number of amides is 1. The van der Waals surface area contributed by atoms with Crippen LogP contribution >= 0.6 is 39.1 Å². The highest BCUT2D eigenvalue weighted by atomic mass is 79.9. The van der Waals surface area contributed by atoms with Gasteiger partial charge in [0.2, 0.25) is 0 Å². The van der Waals surface area contributed by atoms with E-state index in [1.807, 2.05) is 13.0 Å². The van der Waals surface area contributed by atoms with Crippen molar-refractivity contribution >= 4 is 56.4 Å². The van der Waals surface area contributed by atoms with Gasteiger partial charge in [-0.1, -0.05) is 23.2 Å². The largest absolute Gasteiger partial charge is 0.397 e. The zero-order valence-electron chi connectivity index (χ0n) is 10.5. The van der Waals surface area contributed by atoms with Crippen LogP contribution in [0.3, 0.4) is 0 Å². The van der Waals surface area contributed by atoms with E-state index in [4.69, 9.17) is 28.9 Å². The standard InChI is InChI=1S/C14H11BrCl2N2O/c1-7-4-10(15)13(12(18)5-7)19-14(20)9-3-2-8(16)6-11(9)17/h2-6H,18H2,1H3,(H,19,20). The number of anilines is 2. The molecular formula is C14H11BrCl2N2O. The first-order valence-electron chi connectivity index (χ1n) is 5.70. The number of benzene rings is 2. The number of hydrogen-bond acceptors (Lipinski definition) is 2. The van der Waals surface area contributed by atoms with E-state index in [2.05, 4.69) is 21.2 Å². The van der Waals surface area contributed by atoms with Crippen LogP contribution in [-0.4, -0.2) is 5.91 Å². The van der Waals surface area contributed by atoms with Gasteiger partial charge in [-0.25, -0.2) is 0 Å². The number of carbonyl (C=O) groups is 1. The lowest BCUT2D eigenvalue weighted by molar-refractivity contribution is 0.102. The predicted molar refractivity (Wildman–Crippen MR) is 87.7 cm³/mol. The Hall–Kier alpha value is -1.23. The summed E-state index contributed by atoms with van der Waals surface area (Å²) in [5.41, 5.74) is 8.25. The van der Waals surface area contributed by atoms with Crippen LogP contribution in [-0.2, 0) is 0 Å². The molecule has 1 amide bonds. The molecule has 20 heavy (non-hydrogen) atoms. The molecule has 0 heterocycles. The predicted octanol–water partition coefficient (Wildman–Crippen LogP) is 4.90. The quantitative estimate of drug-likeness (QED) is 0.735. The highest BCUT2D eigenvalue weighted by Gasteiger charge is 2.14. The van der Waals surface area contributed by atoms with E-state index in [1.54, 1.807) is 18.2 Å². The molecule has 0 radical (unpaired) electrons. The lowest BCUT2D eigenvalue weighted by Crippen LogP contribution is -2.14. The summed E-state index contributed by atoms with van der Waals surface area (Å²) < 4.78 is 0.716. The van der Waals surface area contributed by atoms with Crippen LogP contribution in [0.4, 0.5) is 11.4 Å². The minimum Gasteiger partial charge on any atom is -0.397 e. The molecule has 0 atom stereocenters. The Labute approximate surface area is 135 Å².